The highest BCUT2D eigenvalue weighted by Crippen LogP contribution is 2.18. The van der Waals surface area contributed by atoms with Gasteiger partial charge in [0.15, 0.2) is 0 Å². The van der Waals surface area contributed by atoms with Crippen LogP contribution >= 0.6 is 0 Å². The van der Waals surface area contributed by atoms with Gasteiger partial charge in [0.05, 0.1) is 5.56 Å². The summed E-state index contributed by atoms with van der Waals surface area (Å²) in [7, 11) is 0. The van der Waals surface area contributed by atoms with E-state index in [0.717, 1.165) is 16.8 Å². The van der Waals surface area contributed by atoms with Gasteiger partial charge in [0, 0.05) is 18.1 Å². The van der Waals surface area contributed by atoms with Crippen molar-refractivity contribution in [3.05, 3.63) is 35.3 Å². The Bertz CT molecular complexity index is 381. The second-order valence-corrected chi connectivity index (χ2v) is 2.84. The van der Waals surface area contributed by atoms with Gasteiger partial charge in [-0.05, 0) is 31.1 Å². The Morgan fingerprint density at radius 3 is 2.77 bits per heavy atom. The summed E-state index contributed by atoms with van der Waals surface area (Å²) in [4.78, 5) is 3.87. The molecule has 0 atom stereocenters. The van der Waals surface area contributed by atoms with Crippen LogP contribution in [-0.4, -0.2) is 4.98 Å². The Morgan fingerprint density at radius 2 is 2.23 bits per heavy atom. The number of nitriles is 1. The van der Waals surface area contributed by atoms with Crippen LogP contribution in [0.5, 0.6) is 0 Å². The van der Waals surface area contributed by atoms with E-state index in [1.54, 1.807) is 18.5 Å². The van der Waals surface area contributed by atoms with Gasteiger partial charge in [-0.25, -0.2) is 0 Å². The lowest BCUT2D eigenvalue weighted by Gasteiger charge is -2.04. The Labute approximate surface area is 77.5 Å². The van der Waals surface area contributed by atoms with Crippen LogP contribution in [0.15, 0.2) is 24.2 Å². The monoisotopic (exact) mass is 173 g/mol. The molecule has 0 fully saturated rings. The van der Waals surface area contributed by atoms with Crippen molar-refractivity contribution in [2.75, 3.05) is 0 Å². The zero-order valence-electron chi connectivity index (χ0n) is 7.70. The maximum atomic E-state index is 8.80. The predicted molar refractivity (Wildman–Crippen MR) is 51.4 cm³/mol. The molecular weight excluding hydrogens is 162 g/mol. The van der Waals surface area contributed by atoms with Gasteiger partial charge in [0.1, 0.15) is 6.07 Å². The molecule has 0 aliphatic heterocycles. The smallest absolute Gasteiger partial charge is 0.101 e. The first-order chi connectivity index (χ1) is 6.16. The summed E-state index contributed by atoms with van der Waals surface area (Å²) in [5.41, 5.74) is 8.71. The fraction of sp³-hybridized carbons (Fsp3) is 0.200. The van der Waals surface area contributed by atoms with E-state index in [2.05, 4.69) is 11.1 Å². The molecule has 0 unspecified atom stereocenters. The van der Waals surface area contributed by atoms with E-state index in [-0.39, 0.29) is 0 Å². The standard InChI is InChI=1S/C10H11N3/c1-7(8(2)12)10-3-4-13-6-9(10)5-11/h3-4,6H,12H2,1-2H3. The lowest BCUT2D eigenvalue weighted by atomic mass is 10.0. The molecule has 0 aliphatic rings. The van der Waals surface area contributed by atoms with Crippen molar-refractivity contribution in [1.29, 1.82) is 5.26 Å². The molecule has 0 bridgehead atoms. The first-order valence-electron chi connectivity index (χ1n) is 3.94. The molecule has 0 aromatic carbocycles. The quantitative estimate of drug-likeness (QED) is 0.702. The predicted octanol–water partition coefficient (Wildman–Crippen LogP) is 1.66. The highest BCUT2D eigenvalue weighted by molar-refractivity contribution is 5.70. The SMILES string of the molecule is CC(N)=C(C)c1ccncc1C#N. The maximum absolute atomic E-state index is 8.80. The van der Waals surface area contributed by atoms with Crippen molar-refractivity contribution in [1.82, 2.24) is 4.98 Å². The van der Waals surface area contributed by atoms with E-state index in [1.807, 2.05) is 13.8 Å². The van der Waals surface area contributed by atoms with Gasteiger partial charge in [-0.3, -0.25) is 4.98 Å². The van der Waals surface area contributed by atoms with E-state index >= 15 is 0 Å². The third-order valence-corrected chi connectivity index (χ3v) is 1.94. The van der Waals surface area contributed by atoms with Crippen LogP contribution in [0, 0.1) is 11.3 Å². The van der Waals surface area contributed by atoms with Crippen molar-refractivity contribution in [2.24, 2.45) is 5.73 Å². The highest BCUT2D eigenvalue weighted by Gasteiger charge is 2.04. The van der Waals surface area contributed by atoms with Gasteiger partial charge in [0.2, 0.25) is 0 Å². The molecular formula is C10H11N3. The molecule has 1 rings (SSSR count). The summed E-state index contributed by atoms with van der Waals surface area (Å²) >= 11 is 0. The number of nitrogens with two attached hydrogens (primary N) is 1. The number of rotatable bonds is 1. The van der Waals surface area contributed by atoms with Crippen LogP contribution in [-0.2, 0) is 0 Å². The molecule has 2 N–H and O–H groups in total. The average molecular weight is 173 g/mol. The van der Waals surface area contributed by atoms with Crippen LogP contribution in [0.25, 0.3) is 5.57 Å². The second kappa shape index (κ2) is 3.72. The minimum atomic E-state index is 0.560. The fourth-order valence-corrected chi connectivity index (χ4v) is 1.02. The van der Waals surface area contributed by atoms with Crippen LogP contribution in [0.3, 0.4) is 0 Å². The Kier molecular flexibility index (Phi) is 2.65. The molecule has 0 saturated carbocycles. The molecule has 1 aromatic heterocycles. The number of aromatic nitrogens is 1. The zero-order chi connectivity index (χ0) is 9.84. The fourth-order valence-electron chi connectivity index (χ4n) is 1.02. The normalized spacial score (nSPS) is 11.8. The lowest BCUT2D eigenvalue weighted by Crippen LogP contribution is -1.97. The Hall–Kier alpha value is -1.82. The van der Waals surface area contributed by atoms with Crippen LogP contribution in [0.4, 0.5) is 0 Å². The van der Waals surface area contributed by atoms with Gasteiger partial charge in [-0.2, -0.15) is 5.26 Å². The summed E-state index contributed by atoms with van der Waals surface area (Å²) in [6.45, 7) is 3.71. The minimum absolute atomic E-state index is 0.560. The van der Waals surface area contributed by atoms with Gasteiger partial charge in [-0.1, -0.05) is 0 Å². The maximum Gasteiger partial charge on any atom is 0.101 e. The molecule has 13 heavy (non-hydrogen) atoms. The average Bonchev–Trinajstić information content (AvgIpc) is 2.16. The molecule has 1 aromatic rings. The third-order valence-electron chi connectivity index (χ3n) is 1.94. The third kappa shape index (κ3) is 1.85. The number of allylic oxidation sites excluding steroid dienone is 2. The largest absolute Gasteiger partial charge is 0.402 e. The number of hydrogen-bond donors (Lipinski definition) is 1. The zero-order valence-corrected chi connectivity index (χ0v) is 7.70. The molecule has 1 heterocycles. The van der Waals surface area contributed by atoms with Crippen LogP contribution in [0.1, 0.15) is 25.0 Å². The number of pyridine rings is 1. The van der Waals surface area contributed by atoms with E-state index < -0.39 is 0 Å². The molecule has 0 saturated heterocycles. The number of hydrogen-bond acceptors (Lipinski definition) is 3. The van der Waals surface area contributed by atoms with Gasteiger partial charge in [0.25, 0.3) is 0 Å². The highest BCUT2D eigenvalue weighted by atomic mass is 14.6. The molecule has 0 spiro atoms. The van der Waals surface area contributed by atoms with E-state index in [4.69, 9.17) is 11.0 Å². The van der Waals surface area contributed by atoms with Crippen molar-refractivity contribution in [2.45, 2.75) is 13.8 Å². The van der Waals surface area contributed by atoms with E-state index in [9.17, 15) is 0 Å². The first kappa shape index (κ1) is 9.27. The molecule has 3 heteroatoms. The van der Waals surface area contributed by atoms with Crippen molar-refractivity contribution in [3.63, 3.8) is 0 Å². The van der Waals surface area contributed by atoms with Gasteiger partial charge < -0.3 is 5.73 Å². The summed E-state index contributed by atoms with van der Waals surface area (Å²) in [5.74, 6) is 0. The molecule has 0 aliphatic carbocycles. The van der Waals surface area contributed by atoms with Crippen molar-refractivity contribution < 1.29 is 0 Å². The summed E-state index contributed by atoms with van der Waals surface area (Å²) < 4.78 is 0. The number of nitrogens with zero attached hydrogens (tertiary/aromatic N) is 2. The van der Waals surface area contributed by atoms with Crippen LogP contribution < -0.4 is 5.73 Å². The van der Waals surface area contributed by atoms with Crippen molar-refractivity contribution >= 4 is 5.57 Å². The van der Waals surface area contributed by atoms with E-state index in [1.165, 1.54) is 0 Å². The Balaban J connectivity index is 3.32. The van der Waals surface area contributed by atoms with Crippen molar-refractivity contribution in [3.8, 4) is 6.07 Å². The molecule has 66 valence electrons. The minimum Gasteiger partial charge on any atom is -0.402 e. The summed E-state index contributed by atoms with van der Waals surface area (Å²) in [5, 5.41) is 8.80. The van der Waals surface area contributed by atoms with Gasteiger partial charge >= 0.3 is 0 Å². The van der Waals surface area contributed by atoms with E-state index in [0.29, 0.717) is 5.56 Å². The molecule has 3 nitrogen and oxygen atoms in total. The van der Waals surface area contributed by atoms with Crippen LogP contribution in [0.2, 0.25) is 0 Å². The first-order valence-corrected chi connectivity index (χ1v) is 3.94. The summed E-state index contributed by atoms with van der Waals surface area (Å²) in [6.07, 6.45) is 3.20. The van der Waals surface area contributed by atoms with Gasteiger partial charge in [-0.15, -0.1) is 0 Å². The summed E-state index contributed by atoms with van der Waals surface area (Å²) in [6, 6.07) is 3.88. The second-order valence-electron chi connectivity index (χ2n) is 2.84. The molecule has 0 amide bonds. The Morgan fingerprint density at radius 1 is 1.54 bits per heavy atom. The molecule has 0 radical (unpaired) electrons. The topological polar surface area (TPSA) is 62.7 Å². The lowest BCUT2D eigenvalue weighted by molar-refractivity contribution is 1.25.